The minimum Gasteiger partial charge on any atom is -0.340 e. The summed E-state index contributed by atoms with van der Waals surface area (Å²) in [4.78, 5) is 25.2. The second kappa shape index (κ2) is 5.02. The Kier molecular flexibility index (Phi) is 3.94. The minimum atomic E-state index is -0.745. The van der Waals surface area contributed by atoms with Crippen LogP contribution >= 0.6 is 0 Å². The van der Waals surface area contributed by atoms with Gasteiger partial charge in [0.15, 0.2) is 0 Å². The van der Waals surface area contributed by atoms with Gasteiger partial charge < -0.3 is 10.2 Å². The van der Waals surface area contributed by atoms with Crippen LogP contribution in [0, 0.1) is 12.3 Å². The minimum absolute atomic E-state index is 0.00776. The molecule has 1 N–H and O–H groups in total. The zero-order valence-electron chi connectivity index (χ0n) is 9.88. The molecule has 1 heterocycles. The molecule has 0 bridgehead atoms. The standard InChI is InChI=1S/C12H18N2O2/c1-4-6-7-8-14-9-10(15)13-12(3,5-2)11(14)16/h1H,5-9H2,2-3H3,(H,13,15). The van der Waals surface area contributed by atoms with Crippen LogP contribution in [0.15, 0.2) is 0 Å². The fourth-order valence-corrected chi connectivity index (χ4v) is 1.79. The van der Waals surface area contributed by atoms with Crippen LogP contribution in [0.25, 0.3) is 0 Å². The summed E-state index contributed by atoms with van der Waals surface area (Å²) in [6.45, 7) is 4.37. The Morgan fingerprint density at radius 2 is 2.25 bits per heavy atom. The van der Waals surface area contributed by atoms with Crippen molar-refractivity contribution in [3.8, 4) is 12.3 Å². The molecule has 0 radical (unpaired) electrons. The lowest BCUT2D eigenvalue weighted by atomic mass is 9.94. The maximum Gasteiger partial charge on any atom is 0.248 e. The zero-order chi connectivity index (χ0) is 12.2. The molecule has 0 aromatic heterocycles. The first kappa shape index (κ1) is 12.6. The van der Waals surface area contributed by atoms with Gasteiger partial charge in [0.05, 0.1) is 6.54 Å². The number of terminal acetylenes is 1. The average molecular weight is 222 g/mol. The molecule has 4 heteroatoms. The van der Waals surface area contributed by atoms with Crippen molar-refractivity contribution in [2.75, 3.05) is 13.1 Å². The highest BCUT2D eigenvalue weighted by molar-refractivity contribution is 5.97. The molecule has 1 rings (SSSR count). The maximum absolute atomic E-state index is 12.1. The van der Waals surface area contributed by atoms with Gasteiger partial charge in [0.1, 0.15) is 5.54 Å². The number of rotatable bonds is 4. The van der Waals surface area contributed by atoms with Crippen LogP contribution in [-0.4, -0.2) is 35.3 Å². The van der Waals surface area contributed by atoms with Gasteiger partial charge in [-0.3, -0.25) is 9.59 Å². The second-order valence-corrected chi connectivity index (χ2v) is 4.27. The molecule has 1 aliphatic rings. The lowest BCUT2D eigenvalue weighted by Crippen LogP contribution is -2.65. The number of nitrogens with one attached hydrogen (secondary N) is 1. The molecule has 16 heavy (non-hydrogen) atoms. The van der Waals surface area contributed by atoms with Gasteiger partial charge in [-0.15, -0.1) is 12.3 Å². The Labute approximate surface area is 96.4 Å². The third-order valence-electron chi connectivity index (χ3n) is 2.97. The van der Waals surface area contributed by atoms with Gasteiger partial charge in [-0.25, -0.2) is 0 Å². The van der Waals surface area contributed by atoms with E-state index in [4.69, 9.17) is 6.42 Å². The van der Waals surface area contributed by atoms with Gasteiger partial charge >= 0.3 is 0 Å². The zero-order valence-corrected chi connectivity index (χ0v) is 9.88. The molecule has 0 aromatic rings. The highest BCUT2D eigenvalue weighted by Gasteiger charge is 2.40. The number of hydrogen-bond acceptors (Lipinski definition) is 2. The predicted octanol–water partition coefficient (Wildman–Crippen LogP) is 0.527. The summed E-state index contributed by atoms with van der Waals surface area (Å²) in [5, 5.41) is 2.74. The highest BCUT2D eigenvalue weighted by Crippen LogP contribution is 2.17. The molecule has 0 aliphatic carbocycles. The van der Waals surface area contributed by atoms with Crippen molar-refractivity contribution in [3.63, 3.8) is 0 Å². The third-order valence-corrected chi connectivity index (χ3v) is 2.97. The molecular weight excluding hydrogens is 204 g/mol. The largest absolute Gasteiger partial charge is 0.340 e. The molecule has 0 aromatic carbocycles. The van der Waals surface area contributed by atoms with E-state index in [0.717, 1.165) is 6.42 Å². The van der Waals surface area contributed by atoms with Crippen molar-refractivity contribution >= 4 is 11.8 Å². The van der Waals surface area contributed by atoms with Crippen molar-refractivity contribution < 1.29 is 9.59 Å². The van der Waals surface area contributed by atoms with E-state index in [1.807, 2.05) is 6.92 Å². The average Bonchev–Trinajstić information content (AvgIpc) is 2.25. The summed E-state index contributed by atoms with van der Waals surface area (Å²) in [7, 11) is 0. The first-order valence-electron chi connectivity index (χ1n) is 5.57. The third kappa shape index (κ3) is 2.54. The van der Waals surface area contributed by atoms with E-state index in [-0.39, 0.29) is 18.4 Å². The van der Waals surface area contributed by atoms with Gasteiger partial charge in [-0.2, -0.15) is 0 Å². The Hall–Kier alpha value is -1.50. The number of amides is 2. The van der Waals surface area contributed by atoms with Crippen LogP contribution < -0.4 is 5.32 Å². The summed E-state index contributed by atoms with van der Waals surface area (Å²) in [5.74, 6) is 2.43. The van der Waals surface area contributed by atoms with Crippen molar-refractivity contribution in [3.05, 3.63) is 0 Å². The summed E-state index contributed by atoms with van der Waals surface area (Å²) < 4.78 is 0. The Bertz CT molecular complexity index is 332. The molecule has 1 aliphatic heterocycles. The van der Waals surface area contributed by atoms with E-state index in [1.165, 1.54) is 0 Å². The highest BCUT2D eigenvalue weighted by atomic mass is 16.2. The smallest absolute Gasteiger partial charge is 0.248 e. The molecule has 0 saturated carbocycles. The summed E-state index contributed by atoms with van der Waals surface area (Å²) in [6, 6.07) is 0. The molecule has 1 unspecified atom stereocenters. The summed E-state index contributed by atoms with van der Waals surface area (Å²) >= 11 is 0. The normalized spacial score (nSPS) is 25.2. The van der Waals surface area contributed by atoms with Crippen molar-refractivity contribution in [2.45, 2.75) is 38.6 Å². The second-order valence-electron chi connectivity index (χ2n) is 4.27. The van der Waals surface area contributed by atoms with Crippen LogP contribution in [0.1, 0.15) is 33.1 Å². The molecule has 0 spiro atoms. The van der Waals surface area contributed by atoms with Gasteiger partial charge in [0.2, 0.25) is 11.8 Å². The number of carbonyl (C=O) groups is 2. The monoisotopic (exact) mass is 222 g/mol. The number of unbranched alkanes of at least 4 members (excludes halogenated alkanes) is 1. The van der Waals surface area contributed by atoms with Crippen LogP contribution in [0.2, 0.25) is 0 Å². The molecule has 1 atom stereocenters. The Morgan fingerprint density at radius 1 is 1.56 bits per heavy atom. The molecule has 2 amide bonds. The molecule has 1 fully saturated rings. The van der Waals surface area contributed by atoms with Crippen LogP contribution in [0.5, 0.6) is 0 Å². The van der Waals surface area contributed by atoms with E-state index in [0.29, 0.717) is 19.4 Å². The van der Waals surface area contributed by atoms with Crippen molar-refractivity contribution in [2.24, 2.45) is 0 Å². The van der Waals surface area contributed by atoms with Gasteiger partial charge in [-0.1, -0.05) is 6.92 Å². The quantitative estimate of drug-likeness (QED) is 0.557. The molecule has 1 saturated heterocycles. The van der Waals surface area contributed by atoms with Crippen molar-refractivity contribution in [1.82, 2.24) is 10.2 Å². The van der Waals surface area contributed by atoms with Gasteiger partial charge in [-0.05, 0) is 19.8 Å². The van der Waals surface area contributed by atoms with Gasteiger partial charge in [0.25, 0.3) is 0 Å². The van der Waals surface area contributed by atoms with E-state index >= 15 is 0 Å². The molecule has 88 valence electrons. The van der Waals surface area contributed by atoms with Crippen LogP contribution in [0.3, 0.4) is 0 Å². The Balaban J connectivity index is 2.67. The van der Waals surface area contributed by atoms with E-state index in [1.54, 1.807) is 11.8 Å². The van der Waals surface area contributed by atoms with E-state index < -0.39 is 5.54 Å². The lowest BCUT2D eigenvalue weighted by molar-refractivity contribution is -0.149. The maximum atomic E-state index is 12.1. The number of hydrogen-bond donors (Lipinski definition) is 1. The van der Waals surface area contributed by atoms with Crippen molar-refractivity contribution in [1.29, 1.82) is 0 Å². The fraction of sp³-hybridized carbons (Fsp3) is 0.667. The topological polar surface area (TPSA) is 49.4 Å². The number of nitrogens with zero attached hydrogens (tertiary/aromatic N) is 1. The lowest BCUT2D eigenvalue weighted by Gasteiger charge is -2.39. The summed E-state index contributed by atoms with van der Waals surface area (Å²) in [5.41, 5.74) is -0.745. The predicted molar refractivity (Wildman–Crippen MR) is 61.5 cm³/mol. The Morgan fingerprint density at radius 3 is 2.81 bits per heavy atom. The van der Waals surface area contributed by atoms with Crippen LogP contribution in [-0.2, 0) is 9.59 Å². The van der Waals surface area contributed by atoms with Crippen LogP contribution in [0.4, 0.5) is 0 Å². The number of carbonyl (C=O) groups excluding carboxylic acids is 2. The first-order chi connectivity index (χ1) is 7.53. The fourth-order valence-electron chi connectivity index (χ4n) is 1.79. The van der Waals surface area contributed by atoms with E-state index in [2.05, 4.69) is 11.2 Å². The van der Waals surface area contributed by atoms with Gasteiger partial charge in [0, 0.05) is 13.0 Å². The number of piperazine rings is 1. The van der Waals surface area contributed by atoms with E-state index in [9.17, 15) is 9.59 Å². The first-order valence-corrected chi connectivity index (χ1v) is 5.57. The summed E-state index contributed by atoms with van der Waals surface area (Å²) in [6.07, 6.45) is 7.13. The molecule has 4 nitrogen and oxygen atoms in total. The SMILES string of the molecule is C#CCCCN1CC(=O)NC(C)(CC)C1=O. The molecular formula is C12H18N2O2.